The summed E-state index contributed by atoms with van der Waals surface area (Å²) >= 11 is 0. The third kappa shape index (κ3) is 11.2. The molecule has 5 aromatic carbocycles. The average Bonchev–Trinajstić information content (AvgIpc) is 1.72. The molecule has 432 valence electrons. The van der Waals surface area contributed by atoms with E-state index < -0.39 is 53.7 Å². The molecule has 0 radical (unpaired) electrons. The molecule has 5 aromatic rings. The summed E-state index contributed by atoms with van der Waals surface area (Å²) in [6.45, 7) is 19.2. The maximum absolute atomic E-state index is 15.1. The minimum absolute atomic E-state index is 0.0737. The smallest absolute Gasteiger partial charge is 0.310 e. The van der Waals surface area contributed by atoms with Gasteiger partial charge in [0.1, 0.15) is 31.0 Å². The van der Waals surface area contributed by atoms with Crippen LogP contribution in [0.1, 0.15) is 115 Å². The van der Waals surface area contributed by atoms with Crippen LogP contribution in [0.25, 0.3) is 0 Å². The standard InChI is InChI=1S/C71H88O10/c1-48(2)49(3)67(4)37-38-69(6)55-33-34-59-68(5)46-75-47-71(59,56(55)35-36-70(69,7)63(67)65(73)79-44-54-31-21-12-22-32-54)39-57(72)64(68)81-66-62(78-43-53-29-19-11-20-30-53)61(77-42-52-27-17-10-18-28-52)60(76-41-51-25-15-9-16-26-51)58(80-66)45-74-40-50-23-13-8-14-24-50/h8-32,35,48-49,55,57-64,66,72H,33-34,36-47H2,1-7H3/t49-,55+,57-,58?,59+,60+,61+,62?,63-,64+,66+,67-,68-,69-,70+,71+/m1/s1. The Morgan fingerprint density at radius 2 is 1.14 bits per heavy atom. The average molecular weight is 1100 g/mol. The fourth-order valence-corrected chi connectivity index (χ4v) is 16.6. The summed E-state index contributed by atoms with van der Waals surface area (Å²) in [5.41, 5.74) is 4.63. The van der Waals surface area contributed by atoms with Crippen LogP contribution in [0.4, 0.5) is 0 Å². The third-order valence-electron chi connectivity index (χ3n) is 21.4. The highest BCUT2D eigenvalue weighted by Gasteiger charge is 2.72. The summed E-state index contributed by atoms with van der Waals surface area (Å²) in [5, 5.41) is 13.2. The van der Waals surface area contributed by atoms with Crippen molar-refractivity contribution in [2.45, 2.75) is 163 Å². The second kappa shape index (κ2) is 24.3. The molecule has 1 N–H and O–H groups in total. The van der Waals surface area contributed by atoms with Crippen LogP contribution in [0.15, 0.2) is 163 Å². The molecule has 4 aliphatic carbocycles. The minimum Gasteiger partial charge on any atom is -0.461 e. The normalized spacial score (nSPS) is 35.6. The van der Waals surface area contributed by atoms with Gasteiger partial charge in [0.15, 0.2) is 6.29 Å². The van der Waals surface area contributed by atoms with E-state index >= 15 is 4.79 Å². The highest BCUT2D eigenvalue weighted by molar-refractivity contribution is 5.75. The topological polar surface area (TPSA) is 111 Å². The lowest BCUT2D eigenvalue weighted by molar-refractivity contribution is -0.363. The molecule has 2 unspecified atom stereocenters. The van der Waals surface area contributed by atoms with Gasteiger partial charge in [-0.15, -0.1) is 0 Å². The first-order valence-electron chi connectivity index (χ1n) is 30.2. The lowest BCUT2D eigenvalue weighted by Crippen LogP contribution is -2.71. The van der Waals surface area contributed by atoms with Crippen molar-refractivity contribution in [2.24, 2.45) is 56.7 Å². The molecule has 2 heterocycles. The number of benzene rings is 5. The number of carbonyl (C=O) groups is 1. The molecule has 3 saturated carbocycles. The van der Waals surface area contributed by atoms with E-state index in [9.17, 15) is 5.11 Å². The van der Waals surface area contributed by atoms with Crippen molar-refractivity contribution in [1.82, 2.24) is 0 Å². The summed E-state index contributed by atoms with van der Waals surface area (Å²) in [6, 6.07) is 50.8. The van der Waals surface area contributed by atoms with Crippen LogP contribution < -0.4 is 0 Å². The fourth-order valence-electron chi connectivity index (χ4n) is 16.6. The van der Waals surface area contributed by atoms with Gasteiger partial charge in [0.25, 0.3) is 0 Å². The van der Waals surface area contributed by atoms with Crippen LogP contribution in [0.3, 0.4) is 0 Å². The van der Waals surface area contributed by atoms with Crippen molar-refractivity contribution in [3.8, 4) is 0 Å². The van der Waals surface area contributed by atoms with Crippen molar-refractivity contribution in [3.63, 3.8) is 0 Å². The van der Waals surface area contributed by atoms with Crippen molar-refractivity contribution >= 4 is 5.97 Å². The number of hydrogen-bond acceptors (Lipinski definition) is 10. The first-order valence-corrected chi connectivity index (χ1v) is 30.2. The number of esters is 1. The molecule has 2 bridgehead atoms. The third-order valence-corrected chi connectivity index (χ3v) is 21.4. The number of ether oxygens (including phenoxy) is 8. The summed E-state index contributed by atoms with van der Waals surface area (Å²) in [6.07, 6.45) is 2.35. The molecule has 6 aliphatic rings. The molecule has 16 atom stereocenters. The number of allylic oxidation sites excluding steroid dienone is 1. The first kappa shape index (κ1) is 57.8. The van der Waals surface area contributed by atoms with Crippen LogP contribution >= 0.6 is 0 Å². The molecule has 10 nitrogen and oxygen atoms in total. The molecule has 2 saturated heterocycles. The lowest BCUT2D eigenvalue weighted by Gasteiger charge is -2.71. The van der Waals surface area contributed by atoms with Crippen molar-refractivity contribution in [3.05, 3.63) is 191 Å². The zero-order valence-electron chi connectivity index (χ0n) is 49.0. The van der Waals surface area contributed by atoms with Gasteiger partial charge >= 0.3 is 5.97 Å². The van der Waals surface area contributed by atoms with Gasteiger partial charge in [0.05, 0.1) is 64.4 Å². The Morgan fingerprint density at radius 1 is 0.617 bits per heavy atom. The van der Waals surface area contributed by atoms with E-state index in [1.54, 1.807) is 0 Å². The molecular formula is C71H88O10. The first-order chi connectivity index (χ1) is 39.2. The van der Waals surface area contributed by atoms with E-state index in [1.165, 1.54) is 5.57 Å². The Balaban J connectivity index is 0.925. The van der Waals surface area contributed by atoms with Crippen LogP contribution in [0.5, 0.6) is 0 Å². The highest BCUT2D eigenvalue weighted by Crippen LogP contribution is 2.75. The molecule has 0 aromatic heterocycles. The summed E-state index contributed by atoms with van der Waals surface area (Å²) in [7, 11) is 0. The van der Waals surface area contributed by atoms with Gasteiger partial charge in [-0.2, -0.15) is 0 Å². The van der Waals surface area contributed by atoms with E-state index in [2.05, 4.69) is 103 Å². The van der Waals surface area contributed by atoms with E-state index in [1.807, 2.05) is 103 Å². The Hall–Kier alpha value is -5.01. The van der Waals surface area contributed by atoms with Gasteiger partial charge in [-0.05, 0) is 106 Å². The second-order valence-corrected chi connectivity index (χ2v) is 26.3. The number of hydrogen-bond donors (Lipinski definition) is 1. The zero-order valence-corrected chi connectivity index (χ0v) is 49.0. The predicted molar refractivity (Wildman–Crippen MR) is 313 cm³/mol. The molecule has 11 rings (SSSR count). The molecule has 0 spiro atoms. The van der Waals surface area contributed by atoms with Crippen LogP contribution in [-0.2, 0) is 75.7 Å². The molecule has 81 heavy (non-hydrogen) atoms. The maximum atomic E-state index is 15.1. The molecule has 2 aliphatic heterocycles. The van der Waals surface area contributed by atoms with Gasteiger partial charge in [0.2, 0.25) is 0 Å². The van der Waals surface area contributed by atoms with Gasteiger partial charge in [0, 0.05) is 10.8 Å². The van der Waals surface area contributed by atoms with Crippen molar-refractivity contribution < 1.29 is 47.8 Å². The van der Waals surface area contributed by atoms with Gasteiger partial charge < -0.3 is 43.0 Å². The molecular weight excluding hydrogens is 1010 g/mol. The largest absolute Gasteiger partial charge is 0.461 e. The number of fused-ring (bicyclic) bond motifs is 3. The zero-order chi connectivity index (χ0) is 56.4. The van der Waals surface area contributed by atoms with Crippen LogP contribution in [0.2, 0.25) is 0 Å². The Morgan fingerprint density at radius 3 is 1.69 bits per heavy atom. The summed E-state index contributed by atoms with van der Waals surface area (Å²) in [4.78, 5) is 15.1. The van der Waals surface area contributed by atoms with Crippen molar-refractivity contribution in [1.29, 1.82) is 0 Å². The fraction of sp³-hybridized carbons (Fsp3) is 0.535. The number of aliphatic hydroxyl groups is 1. The maximum Gasteiger partial charge on any atom is 0.310 e. The van der Waals surface area contributed by atoms with Crippen LogP contribution in [0, 0.1) is 56.7 Å². The monoisotopic (exact) mass is 1100 g/mol. The number of aliphatic hydroxyl groups excluding tert-OH is 1. The Kier molecular flexibility index (Phi) is 17.3. The lowest BCUT2D eigenvalue weighted by atomic mass is 9.34. The Labute approximate surface area is 482 Å². The van der Waals surface area contributed by atoms with Crippen LogP contribution in [-0.4, -0.2) is 73.8 Å². The van der Waals surface area contributed by atoms with Gasteiger partial charge in [-0.25, -0.2) is 0 Å². The Bertz CT molecular complexity index is 2870. The van der Waals surface area contributed by atoms with E-state index in [0.29, 0.717) is 51.3 Å². The molecule has 0 amide bonds. The SMILES string of the molecule is CC(C)[C@@H](C)[C@@]1(C)CC[C@]2(C)[C@H]3CC[C@@H]4[C@@]5(COC[C@@]4(C)[C@@H](O[C@@H]4OC(COCc6ccccc6)[C@H](OCc6ccccc6)[C@H](OCc6ccccc6)C4OCc4ccccc4)[C@H](O)C5)C3=CC[C@@]2(C)[C@@H]1C(=O)OCc1ccccc1. The van der Waals surface area contributed by atoms with Gasteiger partial charge in [-0.1, -0.05) is 212 Å². The quantitative estimate of drug-likeness (QED) is 0.0459. The van der Waals surface area contributed by atoms with E-state index in [-0.39, 0.29) is 59.8 Å². The van der Waals surface area contributed by atoms with Gasteiger partial charge in [-0.3, -0.25) is 4.79 Å². The summed E-state index contributed by atoms with van der Waals surface area (Å²) in [5.74, 6) is 0.680. The van der Waals surface area contributed by atoms with E-state index in [0.717, 1.165) is 59.9 Å². The highest BCUT2D eigenvalue weighted by atomic mass is 16.7. The minimum atomic E-state index is -0.990. The summed E-state index contributed by atoms with van der Waals surface area (Å²) < 4.78 is 56.0. The van der Waals surface area contributed by atoms with E-state index in [4.69, 9.17) is 37.9 Å². The predicted octanol–water partition coefficient (Wildman–Crippen LogP) is 13.7. The number of carbonyl (C=O) groups excluding carboxylic acids is 1. The number of rotatable bonds is 20. The molecule has 5 fully saturated rings. The van der Waals surface area contributed by atoms with Crippen molar-refractivity contribution in [2.75, 3.05) is 19.8 Å². The molecule has 10 heteroatoms. The second-order valence-electron chi connectivity index (χ2n) is 26.3.